The number of non-ortho nitro benzene ring substituents is 1. The van der Waals surface area contributed by atoms with Crippen LogP contribution in [0, 0.1) is 20.2 Å². The van der Waals surface area contributed by atoms with Gasteiger partial charge in [0.1, 0.15) is 5.69 Å². The van der Waals surface area contributed by atoms with Gasteiger partial charge in [-0.15, -0.1) is 0 Å². The van der Waals surface area contributed by atoms with Crippen molar-refractivity contribution in [3.8, 4) is 0 Å². The number of nitrogens with two attached hydrogens (primary N) is 1. The smallest absolute Gasteiger partial charge is 0.338 e. The highest BCUT2D eigenvalue weighted by Gasteiger charge is 2.26. The van der Waals surface area contributed by atoms with Crippen LogP contribution in [0.3, 0.4) is 0 Å². The molecule has 0 aliphatic rings. The Morgan fingerprint density at radius 2 is 1.95 bits per heavy atom. The maximum Gasteiger partial charge on any atom is 0.338 e. The number of carbonyl (C=O) groups is 1. The molecular weight excluding hydrogens is 260 g/mol. The van der Waals surface area contributed by atoms with Gasteiger partial charge in [0.2, 0.25) is 0 Å². The van der Waals surface area contributed by atoms with E-state index in [2.05, 4.69) is 5.32 Å². The summed E-state index contributed by atoms with van der Waals surface area (Å²) < 4.78 is 0. The molecule has 0 radical (unpaired) electrons. The molecule has 0 atom stereocenters. The Hall–Kier alpha value is -2.75. The first-order valence-corrected chi connectivity index (χ1v) is 5.02. The van der Waals surface area contributed by atoms with E-state index in [9.17, 15) is 25.0 Å². The van der Waals surface area contributed by atoms with E-state index in [1.807, 2.05) is 0 Å². The molecule has 0 heterocycles. The monoisotopic (exact) mass is 270 g/mol. The number of benzene rings is 1. The van der Waals surface area contributed by atoms with Crippen LogP contribution in [0.5, 0.6) is 0 Å². The Morgan fingerprint density at radius 3 is 2.37 bits per heavy atom. The zero-order chi connectivity index (χ0) is 14.6. The Morgan fingerprint density at radius 1 is 1.32 bits per heavy atom. The maximum absolute atomic E-state index is 11.0. The molecule has 0 unspecified atom stereocenters. The van der Waals surface area contributed by atoms with Crippen LogP contribution in [0.15, 0.2) is 12.1 Å². The van der Waals surface area contributed by atoms with E-state index in [-0.39, 0.29) is 18.8 Å². The number of rotatable bonds is 6. The van der Waals surface area contributed by atoms with Crippen LogP contribution in [0.4, 0.5) is 17.1 Å². The lowest BCUT2D eigenvalue weighted by atomic mass is 10.1. The van der Waals surface area contributed by atoms with Crippen LogP contribution < -0.4 is 11.1 Å². The lowest BCUT2D eigenvalue weighted by Crippen LogP contribution is -2.16. The van der Waals surface area contributed by atoms with Gasteiger partial charge in [-0.1, -0.05) is 0 Å². The zero-order valence-electron chi connectivity index (χ0n) is 9.53. The van der Waals surface area contributed by atoms with E-state index in [0.717, 1.165) is 6.07 Å². The minimum absolute atomic E-state index is 0.0962. The van der Waals surface area contributed by atoms with Gasteiger partial charge in [-0.05, 0) is 0 Å². The van der Waals surface area contributed by atoms with Crippen molar-refractivity contribution >= 4 is 23.0 Å². The molecule has 0 aromatic heterocycles. The lowest BCUT2D eigenvalue weighted by Gasteiger charge is -2.09. The SMILES string of the molecule is NCCNc1c(C(=O)O)cc([N+](=O)[O-])cc1[N+](=O)[O-]. The van der Waals surface area contributed by atoms with Gasteiger partial charge in [0.05, 0.1) is 21.5 Å². The summed E-state index contributed by atoms with van der Waals surface area (Å²) in [6.07, 6.45) is 0. The molecular formula is C9H10N4O6. The largest absolute Gasteiger partial charge is 0.478 e. The quantitative estimate of drug-likeness (QED) is 0.499. The first kappa shape index (κ1) is 14.3. The van der Waals surface area contributed by atoms with Gasteiger partial charge in [0.25, 0.3) is 11.4 Å². The summed E-state index contributed by atoms with van der Waals surface area (Å²) in [6, 6.07) is 1.46. The van der Waals surface area contributed by atoms with E-state index in [4.69, 9.17) is 10.8 Å². The number of nitrogens with one attached hydrogen (secondary N) is 1. The highest BCUT2D eigenvalue weighted by molar-refractivity contribution is 5.98. The third kappa shape index (κ3) is 3.13. The summed E-state index contributed by atoms with van der Waals surface area (Å²) in [7, 11) is 0. The van der Waals surface area contributed by atoms with Crippen molar-refractivity contribution in [2.45, 2.75) is 0 Å². The van der Waals surface area contributed by atoms with Gasteiger partial charge >= 0.3 is 5.97 Å². The van der Waals surface area contributed by atoms with Gasteiger partial charge in [-0.25, -0.2) is 4.79 Å². The van der Waals surface area contributed by atoms with Gasteiger partial charge in [0, 0.05) is 19.2 Å². The summed E-state index contributed by atoms with van der Waals surface area (Å²) in [5.74, 6) is -1.51. The molecule has 0 aliphatic carbocycles. The topological polar surface area (TPSA) is 162 Å². The van der Waals surface area contributed by atoms with Crippen LogP contribution in [0.1, 0.15) is 10.4 Å². The summed E-state index contributed by atoms with van der Waals surface area (Å²) in [4.78, 5) is 30.7. The number of hydrogen-bond acceptors (Lipinski definition) is 7. The average Bonchev–Trinajstić information content (AvgIpc) is 2.34. The fourth-order valence-electron chi connectivity index (χ4n) is 1.41. The van der Waals surface area contributed by atoms with Gasteiger partial charge < -0.3 is 16.2 Å². The van der Waals surface area contributed by atoms with Crippen molar-refractivity contribution in [3.05, 3.63) is 37.9 Å². The molecule has 4 N–H and O–H groups in total. The Bertz CT molecular complexity index is 509. The number of aromatic carboxylic acids is 1. The van der Waals surface area contributed by atoms with Gasteiger partial charge in [-0.3, -0.25) is 20.2 Å². The van der Waals surface area contributed by atoms with Gasteiger partial charge in [-0.2, -0.15) is 0 Å². The highest BCUT2D eigenvalue weighted by Crippen LogP contribution is 2.33. The number of nitro groups is 2. The highest BCUT2D eigenvalue weighted by atomic mass is 16.6. The Balaban J connectivity index is 3.50. The second-order valence-corrected chi connectivity index (χ2v) is 3.42. The fraction of sp³-hybridized carbons (Fsp3) is 0.222. The summed E-state index contributed by atoms with van der Waals surface area (Å²) in [5, 5.41) is 32.9. The number of carboxylic acids is 1. The average molecular weight is 270 g/mol. The van der Waals surface area contributed by atoms with E-state index in [1.54, 1.807) is 0 Å². The number of carboxylic acid groups (broad SMARTS) is 1. The van der Waals surface area contributed by atoms with Crippen molar-refractivity contribution in [1.82, 2.24) is 0 Å². The predicted octanol–water partition coefficient (Wildman–Crippen LogP) is 0.572. The lowest BCUT2D eigenvalue weighted by molar-refractivity contribution is -0.393. The summed E-state index contributed by atoms with van der Waals surface area (Å²) in [5.41, 5.74) is 3.03. The van der Waals surface area contributed by atoms with Crippen molar-refractivity contribution in [2.75, 3.05) is 18.4 Å². The molecule has 0 spiro atoms. The van der Waals surface area contributed by atoms with Crippen molar-refractivity contribution in [2.24, 2.45) is 5.73 Å². The van der Waals surface area contributed by atoms with Crippen LogP contribution in [0.2, 0.25) is 0 Å². The molecule has 0 bridgehead atoms. The molecule has 0 amide bonds. The van der Waals surface area contributed by atoms with E-state index in [0.29, 0.717) is 6.07 Å². The van der Waals surface area contributed by atoms with E-state index < -0.39 is 32.8 Å². The summed E-state index contributed by atoms with van der Waals surface area (Å²) >= 11 is 0. The standard InChI is InChI=1S/C9H10N4O6/c10-1-2-11-8-6(9(14)15)3-5(12(16)17)4-7(8)13(18)19/h3-4,11H,1-2,10H2,(H,14,15). The molecule has 0 fully saturated rings. The number of nitro benzene ring substituents is 2. The second kappa shape index (κ2) is 5.73. The molecule has 102 valence electrons. The van der Waals surface area contributed by atoms with E-state index >= 15 is 0 Å². The molecule has 0 aliphatic heterocycles. The Labute approximate surface area is 106 Å². The predicted molar refractivity (Wildman–Crippen MR) is 64.3 cm³/mol. The molecule has 10 heteroatoms. The third-order valence-corrected chi connectivity index (χ3v) is 2.19. The molecule has 1 rings (SSSR count). The first-order chi connectivity index (χ1) is 8.88. The van der Waals surface area contributed by atoms with Crippen molar-refractivity contribution in [1.29, 1.82) is 0 Å². The van der Waals surface area contributed by atoms with E-state index in [1.165, 1.54) is 0 Å². The molecule has 1 aromatic rings. The van der Waals surface area contributed by atoms with Crippen molar-refractivity contribution in [3.63, 3.8) is 0 Å². The first-order valence-electron chi connectivity index (χ1n) is 5.02. The molecule has 0 saturated heterocycles. The van der Waals surface area contributed by atoms with Crippen LogP contribution >= 0.6 is 0 Å². The third-order valence-electron chi connectivity index (χ3n) is 2.19. The minimum atomic E-state index is -1.51. The molecule has 19 heavy (non-hydrogen) atoms. The number of nitrogens with zero attached hydrogens (tertiary/aromatic N) is 2. The van der Waals surface area contributed by atoms with Gasteiger partial charge in [0.15, 0.2) is 0 Å². The van der Waals surface area contributed by atoms with Crippen LogP contribution in [0.25, 0.3) is 0 Å². The van der Waals surface area contributed by atoms with Crippen LogP contribution in [-0.2, 0) is 0 Å². The summed E-state index contributed by atoms with van der Waals surface area (Å²) in [6.45, 7) is 0.214. The molecule has 0 saturated carbocycles. The number of hydrogen-bond donors (Lipinski definition) is 3. The normalized spacial score (nSPS) is 9.95. The number of anilines is 1. The fourth-order valence-corrected chi connectivity index (χ4v) is 1.41. The molecule has 10 nitrogen and oxygen atoms in total. The maximum atomic E-state index is 11.0. The minimum Gasteiger partial charge on any atom is -0.478 e. The second-order valence-electron chi connectivity index (χ2n) is 3.42. The zero-order valence-corrected chi connectivity index (χ0v) is 9.53. The Kier molecular flexibility index (Phi) is 4.32. The van der Waals surface area contributed by atoms with Crippen LogP contribution in [-0.4, -0.2) is 34.0 Å². The van der Waals surface area contributed by atoms with Crippen molar-refractivity contribution < 1.29 is 19.7 Å². The molecule has 1 aromatic carbocycles.